The zero-order valence-corrected chi connectivity index (χ0v) is 13.9. The molecular formula is C14H28ClN3O3. The number of ether oxygens (including phenoxy) is 1. The fraction of sp³-hybridized carbons (Fsp3) is 0.857. The Balaban J connectivity index is 0.00000400. The summed E-state index contributed by atoms with van der Waals surface area (Å²) in [4.78, 5) is 25.6. The van der Waals surface area contributed by atoms with Gasteiger partial charge in [0.1, 0.15) is 0 Å². The van der Waals surface area contributed by atoms with Crippen LogP contribution in [-0.4, -0.2) is 56.1 Å². The molecule has 1 saturated heterocycles. The Morgan fingerprint density at radius 3 is 2.67 bits per heavy atom. The molecule has 21 heavy (non-hydrogen) atoms. The maximum absolute atomic E-state index is 12.1. The molecule has 1 unspecified atom stereocenters. The minimum atomic E-state index is -0.564. The van der Waals surface area contributed by atoms with Crippen LogP contribution in [0.3, 0.4) is 0 Å². The van der Waals surface area contributed by atoms with Gasteiger partial charge in [-0.1, -0.05) is 13.8 Å². The molecular weight excluding hydrogens is 294 g/mol. The molecule has 1 aliphatic heterocycles. The van der Waals surface area contributed by atoms with E-state index in [1.54, 1.807) is 12.0 Å². The lowest BCUT2D eigenvalue weighted by atomic mass is 9.99. The normalized spacial score (nSPS) is 19.9. The molecule has 2 atom stereocenters. The van der Waals surface area contributed by atoms with Crippen molar-refractivity contribution in [3.05, 3.63) is 0 Å². The topological polar surface area (TPSA) is 84.7 Å². The molecule has 7 heteroatoms. The quantitative estimate of drug-likeness (QED) is 0.741. The van der Waals surface area contributed by atoms with E-state index in [0.29, 0.717) is 19.1 Å². The second kappa shape index (κ2) is 9.97. The summed E-state index contributed by atoms with van der Waals surface area (Å²) < 4.78 is 5.14. The van der Waals surface area contributed by atoms with Gasteiger partial charge in [0.05, 0.1) is 19.2 Å². The van der Waals surface area contributed by atoms with Crippen LogP contribution in [0.15, 0.2) is 0 Å². The third-order valence-corrected chi connectivity index (χ3v) is 3.71. The van der Waals surface area contributed by atoms with Gasteiger partial charge in [-0.05, 0) is 24.7 Å². The van der Waals surface area contributed by atoms with E-state index in [-0.39, 0.29) is 36.7 Å². The standard InChI is InChI=1S/C14H27N3O3.ClH/c1-10(2)13(15)14(19)16-7-12(18)17-6-4-5-11(8-17)9-20-3;/h10-11,13H,4-9,15H2,1-3H3,(H,16,19);1H/t11?,13-;/m0./s1. The number of carbonyl (C=O) groups excluding carboxylic acids is 2. The Bertz CT molecular complexity index is 337. The van der Waals surface area contributed by atoms with Crippen LogP contribution in [-0.2, 0) is 14.3 Å². The van der Waals surface area contributed by atoms with Crippen molar-refractivity contribution < 1.29 is 14.3 Å². The van der Waals surface area contributed by atoms with Crippen LogP contribution < -0.4 is 11.1 Å². The van der Waals surface area contributed by atoms with Gasteiger partial charge in [-0.3, -0.25) is 9.59 Å². The van der Waals surface area contributed by atoms with E-state index < -0.39 is 6.04 Å². The summed E-state index contributed by atoms with van der Waals surface area (Å²) in [7, 11) is 1.67. The molecule has 0 bridgehead atoms. The maximum atomic E-state index is 12.1. The van der Waals surface area contributed by atoms with Crippen molar-refractivity contribution in [2.24, 2.45) is 17.6 Å². The van der Waals surface area contributed by atoms with Crippen LogP contribution in [0.5, 0.6) is 0 Å². The van der Waals surface area contributed by atoms with Gasteiger partial charge in [-0.25, -0.2) is 0 Å². The van der Waals surface area contributed by atoms with Crippen LogP contribution in [0.4, 0.5) is 0 Å². The molecule has 0 spiro atoms. The number of carbonyl (C=O) groups is 2. The number of nitrogens with zero attached hydrogens (tertiary/aromatic N) is 1. The number of nitrogens with one attached hydrogen (secondary N) is 1. The zero-order chi connectivity index (χ0) is 15.1. The minimum Gasteiger partial charge on any atom is -0.384 e. The Labute approximate surface area is 133 Å². The number of amides is 2. The van der Waals surface area contributed by atoms with E-state index in [4.69, 9.17) is 10.5 Å². The van der Waals surface area contributed by atoms with Crippen molar-refractivity contribution in [2.45, 2.75) is 32.7 Å². The fourth-order valence-electron chi connectivity index (χ4n) is 2.36. The van der Waals surface area contributed by atoms with E-state index in [9.17, 15) is 9.59 Å². The van der Waals surface area contributed by atoms with Gasteiger partial charge < -0.3 is 20.7 Å². The number of rotatable bonds is 6. The average Bonchev–Trinajstić information content (AvgIpc) is 2.44. The molecule has 0 aromatic rings. The number of hydrogen-bond donors (Lipinski definition) is 2. The summed E-state index contributed by atoms with van der Waals surface area (Å²) in [6.45, 7) is 5.93. The number of likely N-dealkylation sites (tertiary alicyclic amines) is 1. The van der Waals surface area contributed by atoms with E-state index in [1.165, 1.54) is 0 Å². The van der Waals surface area contributed by atoms with Crippen molar-refractivity contribution >= 4 is 24.2 Å². The van der Waals surface area contributed by atoms with Gasteiger partial charge >= 0.3 is 0 Å². The molecule has 1 aliphatic rings. The molecule has 1 heterocycles. The molecule has 0 radical (unpaired) electrons. The van der Waals surface area contributed by atoms with Crippen LogP contribution in [0.2, 0.25) is 0 Å². The highest BCUT2D eigenvalue weighted by Gasteiger charge is 2.24. The van der Waals surface area contributed by atoms with Gasteiger partial charge in [0.2, 0.25) is 11.8 Å². The zero-order valence-electron chi connectivity index (χ0n) is 13.1. The molecule has 1 fully saturated rings. The molecule has 0 aromatic heterocycles. The highest BCUT2D eigenvalue weighted by atomic mass is 35.5. The summed E-state index contributed by atoms with van der Waals surface area (Å²) in [5.74, 6) is 0.145. The second-order valence-electron chi connectivity index (χ2n) is 5.79. The molecule has 2 amide bonds. The first-order valence-electron chi connectivity index (χ1n) is 7.25. The van der Waals surface area contributed by atoms with Crippen LogP contribution in [0.25, 0.3) is 0 Å². The van der Waals surface area contributed by atoms with E-state index in [0.717, 1.165) is 19.4 Å². The lowest BCUT2D eigenvalue weighted by molar-refractivity contribution is -0.135. The first-order chi connectivity index (χ1) is 9.45. The SMILES string of the molecule is COCC1CCCN(C(=O)CNC(=O)[C@@H](N)C(C)C)C1.Cl. The summed E-state index contributed by atoms with van der Waals surface area (Å²) in [6, 6.07) is -0.564. The van der Waals surface area contributed by atoms with Crippen LogP contribution in [0.1, 0.15) is 26.7 Å². The van der Waals surface area contributed by atoms with E-state index in [2.05, 4.69) is 5.32 Å². The highest BCUT2D eigenvalue weighted by molar-refractivity contribution is 5.87. The van der Waals surface area contributed by atoms with Crippen molar-refractivity contribution in [3.63, 3.8) is 0 Å². The molecule has 0 aliphatic carbocycles. The van der Waals surface area contributed by atoms with Crippen molar-refractivity contribution in [2.75, 3.05) is 33.4 Å². The molecule has 6 nitrogen and oxygen atoms in total. The maximum Gasteiger partial charge on any atom is 0.241 e. The Kier molecular flexibility index (Phi) is 9.57. The Morgan fingerprint density at radius 1 is 1.43 bits per heavy atom. The van der Waals surface area contributed by atoms with Crippen molar-refractivity contribution in [3.8, 4) is 0 Å². The number of halogens is 1. The first-order valence-corrected chi connectivity index (χ1v) is 7.25. The summed E-state index contributed by atoms with van der Waals surface area (Å²) in [5, 5.41) is 2.62. The highest BCUT2D eigenvalue weighted by Crippen LogP contribution is 2.16. The molecule has 0 saturated carbocycles. The third-order valence-electron chi connectivity index (χ3n) is 3.71. The van der Waals surface area contributed by atoms with Gasteiger partial charge in [0, 0.05) is 20.2 Å². The first kappa shape index (κ1) is 20.1. The summed E-state index contributed by atoms with van der Waals surface area (Å²) in [5.41, 5.74) is 5.73. The Hall–Kier alpha value is -0.850. The van der Waals surface area contributed by atoms with Crippen molar-refractivity contribution in [1.29, 1.82) is 0 Å². The van der Waals surface area contributed by atoms with Crippen LogP contribution >= 0.6 is 12.4 Å². The smallest absolute Gasteiger partial charge is 0.241 e. The van der Waals surface area contributed by atoms with Crippen molar-refractivity contribution in [1.82, 2.24) is 10.2 Å². The largest absolute Gasteiger partial charge is 0.384 e. The summed E-state index contributed by atoms with van der Waals surface area (Å²) in [6.07, 6.45) is 2.07. The number of nitrogens with two attached hydrogens (primary N) is 1. The van der Waals surface area contributed by atoms with Gasteiger partial charge in [0.25, 0.3) is 0 Å². The number of methoxy groups -OCH3 is 1. The predicted octanol–water partition coefficient (Wildman–Crippen LogP) is 0.393. The fourth-order valence-corrected chi connectivity index (χ4v) is 2.36. The lowest BCUT2D eigenvalue weighted by Gasteiger charge is -2.32. The average molecular weight is 322 g/mol. The second-order valence-corrected chi connectivity index (χ2v) is 5.79. The number of piperidine rings is 1. The third kappa shape index (κ3) is 6.63. The van der Waals surface area contributed by atoms with Gasteiger partial charge in [0.15, 0.2) is 0 Å². The summed E-state index contributed by atoms with van der Waals surface area (Å²) >= 11 is 0. The lowest BCUT2D eigenvalue weighted by Crippen LogP contribution is -2.49. The van der Waals surface area contributed by atoms with Gasteiger partial charge in [-0.15, -0.1) is 12.4 Å². The van der Waals surface area contributed by atoms with Crippen LogP contribution in [0, 0.1) is 11.8 Å². The molecule has 124 valence electrons. The molecule has 1 rings (SSSR count). The minimum absolute atomic E-state index is 0. The Morgan fingerprint density at radius 2 is 2.10 bits per heavy atom. The van der Waals surface area contributed by atoms with Gasteiger partial charge in [-0.2, -0.15) is 0 Å². The molecule has 0 aromatic carbocycles. The monoisotopic (exact) mass is 321 g/mol. The number of hydrogen-bond acceptors (Lipinski definition) is 4. The van der Waals surface area contributed by atoms with E-state index in [1.807, 2.05) is 13.8 Å². The predicted molar refractivity (Wildman–Crippen MR) is 84.3 cm³/mol. The molecule has 3 N–H and O–H groups in total. The van der Waals surface area contributed by atoms with E-state index >= 15 is 0 Å².